The molecule has 0 saturated carbocycles. The van der Waals surface area contributed by atoms with Crippen molar-refractivity contribution < 1.29 is 13.2 Å². The fourth-order valence-corrected chi connectivity index (χ4v) is 4.14. The monoisotopic (exact) mass is 428 g/mol. The summed E-state index contributed by atoms with van der Waals surface area (Å²) in [6, 6.07) is 7.75. The summed E-state index contributed by atoms with van der Waals surface area (Å²) in [4.78, 5) is 0.163. The molecule has 28 heavy (non-hydrogen) atoms. The van der Waals surface area contributed by atoms with E-state index in [1.165, 1.54) is 11.8 Å². The van der Waals surface area contributed by atoms with Gasteiger partial charge < -0.3 is 10.5 Å². The number of sulfonamides is 1. The number of hydrogen-bond acceptors (Lipinski definition) is 5. The van der Waals surface area contributed by atoms with Crippen molar-refractivity contribution >= 4 is 22.4 Å². The largest absolute Gasteiger partial charge is 0.381 e. The van der Waals surface area contributed by atoms with E-state index in [0.717, 1.165) is 18.4 Å². The number of nitrogens with two attached hydrogens (primary N) is 1. The number of halogens is 1. The standard InChI is InChI=1S/C19H28N4O3S.ClH/c1-14(2)15-3-5-16(6-4-15)19(20)12-22-27(24,25)18-11-21-23(13-18)17-7-9-26-10-8-17;/h3-6,11,13-14,17,19,22H,7-10,12,20H2,1-2H3;1H. The molecule has 1 aliphatic heterocycles. The van der Waals surface area contributed by atoms with Crippen molar-refractivity contribution in [1.29, 1.82) is 0 Å². The van der Waals surface area contributed by atoms with E-state index in [2.05, 4.69) is 23.7 Å². The molecule has 1 aromatic heterocycles. The average Bonchev–Trinajstić information content (AvgIpc) is 3.18. The topological polar surface area (TPSA) is 99.2 Å². The van der Waals surface area contributed by atoms with Crippen LogP contribution in [-0.2, 0) is 14.8 Å². The molecule has 1 atom stereocenters. The van der Waals surface area contributed by atoms with Crippen LogP contribution in [0.3, 0.4) is 0 Å². The first-order valence-electron chi connectivity index (χ1n) is 9.34. The molecule has 1 saturated heterocycles. The SMILES string of the molecule is CC(C)c1ccc(C(N)CNS(=O)(=O)c2cnn(C3CCOCC3)c2)cc1.Cl. The zero-order valence-electron chi connectivity index (χ0n) is 16.2. The normalized spacial score (nSPS) is 16.7. The van der Waals surface area contributed by atoms with E-state index >= 15 is 0 Å². The Labute approximate surface area is 173 Å². The molecule has 0 amide bonds. The van der Waals surface area contributed by atoms with E-state index < -0.39 is 16.1 Å². The van der Waals surface area contributed by atoms with Crippen LogP contribution in [0.15, 0.2) is 41.6 Å². The molecule has 1 fully saturated rings. The smallest absolute Gasteiger partial charge is 0.243 e. The Kier molecular flexibility index (Phi) is 8.03. The van der Waals surface area contributed by atoms with Gasteiger partial charge in [0, 0.05) is 32.0 Å². The van der Waals surface area contributed by atoms with Crippen LogP contribution in [0.1, 0.15) is 55.8 Å². The molecule has 0 spiro atoms. The minimum Gasteiger partial charge on any atom is -0.381 e. The fourth-order valence-electron chi connectivity index (χ4n) is 3.14. The molecule has 3 N–H and O–H groups in total. The molecule has 3 rings (SSSR count). The molecular formula is C19H29ClN4O3S. The summed E-state index contributed by atoms with van der Waals surface area (Å²) >= 11 is 0. The van der Waals surface area contributed by atoms with E-state index in [1.807, 2.05) is 24.3 Å². The van der Waals surface area contributed by atoms with Crippen molar-refractivity contribution in [2.75, 3.05) is 19.8 Å². The Morgan fingerprint density at radius 2 is 1.82 bits per heavy atom. The third-order valence-electron chi connectivity index (χ3n) is 4.98. The van der Waals surface area contributed by atoms with E-state index in [9.17, 15) is 8.42 Å². The summed E-state index contributed by atoms with van der Waals surface area (Å²) in [7, 11) is -3.65. The quantitative estimate of drug-likeness (QED) is 0.706. The van der Waals surface area contributed by atoms with Crippen LogP contribution in [0.5, 0.6) is 0 Å². The molecule has 1 unspecified atom stereocenters. The highest BCUT2D eigenvalue weighted by Crippen LogP contribution is 2.22. The maximum Gasteiger partial charge on any atom is 0.243 e. The summed E-state index contributed by atoms with van der Waals surface area (Å²) in [5.41, 5.74) is 8.30. The lowest BCUT2D eigenvalue weighted by Gasteiger charge is -2.22. The van der Waals surface area contributed by atoms with Gasteiger partial charge in [-0.25, -0.2) is 13.1 Å². The van der Waals surface area contributed by atoms with Gasteiger partial charge in [0.25, 0.3) is 0 Å². The van der Waals surface area contributed by atoms with Crippen LogP contribution in [0, 0.1) is 0 Å². The van der Waals surface area contributed by atoms with Gasteiger partial charge in [-0.1, -0.05) is 38.1 Å². The molecule has 0 aliphatic carbocycles. The van der Waals surface area contributed by atoms with E-state index in [-0.39, 0.29) is 29.9 Å². The summed E-state index contributed by atoms with van der Waals surface area (Å²) in [6.45, 7) is 5.74. The maximum atomic E-state index is 12.6. The predicted molar refractivity (Wildman–Crippen MR) is 111 cm³/mol. The molecule has 2 aromatic rings. The van der Waals surface area contributed by atoms with Crippen LogP contribution in [0.25, 0.3) is 0 Å². The van der Waals surface area contributed by atoms with Crippen LogP contribution in [-0.4, -0.2) is 38.0 Å². The zero-order chi connectivity index (χ0) is 19.4. The van der Waals surface area contributed by atoms with Gasteiger partial charge in [-0.05, 0) is 29.9 Å². The number of rotatable bonds is 7. The first-order valence-corrected chi connectivity index (χ1v) is 10.8. The van der Waals surface area contributed by atoms with Gasteiger partial charge in [0.05, 0.1) is 12.2 Å². The second-order valence-electron chi connectivity index (χ2n) is 7.28. The lowest BCUT2D eigenvalue weighted by Crippen LogP contribution is -2.31. The van der Waals surface area contributed by atoms with E-state index in [1.54, 1.807) is 10.9 Å². The molecule has 1 aromatic carbocycles. The Hall–Kier alpha value is -1.45. The van der Waals surface area contributed by atoms with Gasteiger partial charge in [-0.3, -0.25) is 4.68 Å². The lowest BCUT2D eigenvalue weighted by atomic mass is 9.99. The second-order valence-corrected chi connectivity index (χ2v) is 9.05. The minimum absolute atomic E-state index is 0. The predicted octanol–water partition coefficient (Wildman–Crippen LogP) is 2.76. The van der Waals surface area contributed by atoms with Gasteiger partial charge in [0.2, 0.25) is 10.0 Å². The number of aromatic nitrogens is 2. The van der Waals surface area contributed by atoms with Gasteiger partial charge >= 0.3 is 0 Å². The highest BCUT2D eigenvalue weighted by atomic mass is 35.5. The number of nitrogens with one attached hydrogen (secondary N) is 1. The van der Waals surface area contributed by atoms with Gasteiger partial charge in [0.15, 0.2) is 0 Å². The summed E-state index contributed by atoms with van der Waals surface area (Å²) in [5, 5.41) is 4.23. The van der Waals surface area contributed by atoms with Crippen molar-refractivity contribution in [3.05, 3.63) is 47.8 Å². The van der Waals surface area contributed by atoms with Crippen molar-refractivity contribution in [1.82, 2.24) is 14.5 Å². The molecule has 0 radical (unpaired) electrons. The fraction of sp³-hybridized carbons (Fsp3) is 0.526. The third-order valence-corrected chi connectivity index (χ3v) is 6.36. The molecule has 1 aliphatic rings. The molecular weight excluding hydrogens is 400 g/mol. The number of hydrogen-bond donors (Lipinski definition) is 2. The van der Waals surface area contributed by atoms with Crippen molar-refractivity contribution in [3.8, 4) is 0 Å². The highest BCUT2D eigenvalue weighted by Gasteiger charge is 2.22. The van der Waals surface area contributed by atoms with Crippen LogP contribution in [0.2, 0.25) is 0 Å². The Morgan fingerprint density at radius 1 is 1.21 bits per heavy atom. The first-order chi connectivity index (χ1) is 12.9. The Morgan fingerprint density at radius 3 is 2.43 bits per heavy atom. The number of nitrogens with zero attached hydrogens (tertiary/aromatic N) is 2. The third kappa shape index (κ3) is 5.55. The molecule has 156 valence electrons. The first kappa shape index (κ1) is 22.8. The van der Waals surface area contributed by atoms with Crippen molar-refractivity contribution in [3.63, 3.8) is 0 Å². The van der Waals surface area contributed by atoms with Gasteiger partial charge in [-0.2, -0.15) is 5.10 Å². The number of benzene rings is 1. The minimum atomic E-state index is -3.65. The zero-order valence-corrected chi connectivity index (χ0v) is 17.9. The summed E-state index contributed by atoms with van der Waals surface area (Å²) in [6.07, 6.45) is 4.65. The van der Waals surface area contributed by atoms with Gasteiger partial charge in [0.1, 0.15) is 4.90 Å². The summed E-state index contributed by atoms with van der Waals surface area (Å²) < 4.78 is 34.8. The van der Waals surface area contributed by atoms with Crippen LogP contribution >= 0.6 is 12.4 Å². The molecule has 0 bridgehead atoms. The van der Waals surface area contributed by atoms with Crippen molar-refractivity contribution in [2.24, 2.45) is 5.73 Å². The molecule has 9 heteroatoms. The Bertz CT molecular complexity index is 846. The van der Waals surface area contributed by atoms with Crippen LogP contribution in [0.4, 0.5) is 0 Å². The van der Waals surface area contributed by atoms with Gasteiger partial charge in [-0.15, -0.1) is 12.4 Å². The molecule has 7 nitrogen and oxygen atoms in total. The lowest BCUT2D eigenvalue weighted by molar-refractivity contribution is 0.0662. The van der Waals surface area contributed by atoms with E-state index in [0.29, 0.717) is 19.1 Å². The van der Waals surface area contributed by atoms with E-state index in [4.69, 9.17) is 10.5 Å². The maximum absolute atomic E-state index is 12.6. The highest BCUT2D eigenvalue weighted by molar-refractivity contribution is 7.89. The second kappa shape index (κ2) is 9.84. The van der Waals surface area contributed by atoms with Crippen LogP contribution < -0.4 is 10.5 Å². The number of ether oxygens (including phenoxy) is 1. The summed E-state index contributed by atoms with van der Waals surface area (Å²) in [5.74, 6) is 0.445. The Balaban J connectivity index is 0.00000280. The molecule has 2 heterocycles. The average molecular weight is 429 g/mol. The van der Waals surface area contributed by atoms with Crippen molar-refractivity contribution in [2.45, 2.75) is 49.6 Å².